The molecule has 24 heavy (non-hydrogen) atoms. The SMILES string of the molecule is CN(Cc1n[nH]c2c1CCCC2)Cc1cc2ccccc2[nH]c1=O. The number of para-hydroxylation sites is 1. The maximum atomic E-state index is 12.3. The molecule has 0 radical (unpaired) electrons. The van der Waals surface area contributed by atoms with Gasteiger partial charge < -0.3 is 4.98 Å². The van der Waals surface area contributed by atoms with Gasteiger partial charge in [0, 0.05) is 29.9 Å². The molecule has 3 aromatic rings. The smallest absolute Gasteiger partial charge is 0.252 e. The van der Waals surface area contributed by atoms with Gasteiger partial charge in [-0.3, -0.25) is 14.8 Å². The predicted octanol–water partition coefficient (Wildman–Crippen LogP) is 2.76. The van der Waals surface area contributed by atoms with E-state index in [0.717, 1.165) is 41.5 Å². The summed E-state index contributed by atoms with van der Waals surface area (Å²) in [6, 6.07) is 9.87. The zero-order valence-electron chi connectivity index (χ0n) is 13.9. The fraction of sp³-hybridized carbons (Fsp3) is 0.368. The van der Waals surface area contributed by atoms with Gasteiger partial charge in [0.25, 0.3) is 5.56 Å². The summed E-state index contributed by atoms with van der Waals surface area (Å²) in [5.74, 6) is 0. The molecule has 4 rings (SSSR count). The number of benzene rings is 1. The first-order valence-electron chi connectivity index (χ1n) is 8.55. The number of aryl methyl sites for hydroxylation is 1. The maximum absolute atomic E-state index is 12.3. The molecular formula is C19H22N4O. The average molecular weight is 322 g/mol. The molecule has 0 bridgehead atoms. The van der Waals surface area contributed by atoms with E-state index in [2.05, 4.69) is 20.1 Å². The van der Waals surface area contributed by atoms with Crippen LogP contribution in [0.3, 0.4) is 0 Å². The number of nitrogens with one attached hydrogen (secondary N) is 2. The minimum Gasteiger partial charge on any atom is -0.322 e. The van der Waals surface area contributed by atoms with Crippen LogP contribution in [-0.4, -0.2) is 27.1 Å². The third kappa shape index (κ3) is 2.87. The molecule has 0 aliphatic heterocycles. The first-order valence-corrected chi connectivity index (χ1v) is 8.55. The van der Waals surface area contributed by atoms with Crippen molar-refractivity contribution in [3.63, 3.8) is 0 Å². The molecule has 5 nitrogen and oxygen atoms in total. The summed E-state index contributed by atoms with van der Waals surface area (Å²) < 4.78 is 0. The van der Waals surface area contributed by atoms with E-state index in [1.54, 1.807) is 0 Å². The lowest BCUT2D eigenvalue weighted by Gasteiger charge is -2.17. The quantitative estimate of drug-likeness (QED) is 0.776. The second-order valence-electron chi connectivity index (χ2n) is 6.72. The Morgan fingerprint density at radius 3 is 2.92 bits per heavy atom. The lowest BCUT2D eigenvalue weighted by atomic mass is 9.96. The van der Waals surface area contributed by atoms with E-state index in [-0.39, 0.29) is 5.56 Å². The third-order valence-electron chi connectivity index (χ3n) is 4.83. The van der Waals surface area contributed by atoms with Gasteiger partial charge in [0.1, 0.15) is 0 Å². The number of aromatic amines is 2. The van der Waals surface area contributed by atoms with Gasteiger partial charge in [-0.2, -0.15) is 5.10 Å². The Morgan fingerprint density at radius 2 is 2.00 bits per heavy atom. The molecule has 1 aliphatic rings. The van der Waals surface area contributed by atoms with Crippen molar-refractivity contribution in [2.45, 2.75) is 38.8 Å². The Morgan fingerprint density at radius 1 is 1.17 bits per heavy atom. The van der Waals surface area contributed by atoms with Crippen LogP contribution in [0.1, 0.15) is 35.4 Å². The van der Waals surface area contributed by atoms with Crippen LogP contribution in [0, 0.1) is 0 Å². The van der Waals surface area contributed by atoms with E-state index >= 15 is 0 Å². The highest BCUT2D eigenvalue weighted by atomic mass is 16.1. The molecule has 0 unspecified atom stereocenters. The molecular weight excluding hydrogens is 300 g/mol. The van der Waals surface area contributed by atoms with Crippen molar-refractivity contribution in [2.75, 3.05) is 7.05 Å². The molecule has 0 spiro atoms. The molecule has 0 amide bonds. The number of rotatable bonds is 4. The van der Waals surface area contributed by atoms with Crippen LogP contribution in [0.4, 0.5) is 0 Å². The molecule has 2 aromatic heterocycles. The van der Waals surface area contributed by atoms with Crippen LogP contribution < -0.4 is 5.56 Å². The van der Waals surface area contributed by atoms with Crippen molar-refractivity contribution in [1.82, 2.24) is 20.1 Å². The van der Waals surface area contributed by atoms with Gasteiger partial charge in [0.2, 0.25) is 0 Å². The topological polar surface area (TPSA) is 64.8 Å². The number of nitrogens with zero attached hydrogens (tertiary/aromatic N) is 2. The highest BCUT2D eigenvalue weighted by Gasteiger charge is 2.18. The van der Waals surface area contributed by atoms with E-state index in [0.29, 0.717) is 6.54 Å². The zero-order chi connectivity index (χ0) is 16.5. The Labute approximate surface area is 140 Å². The van der Waals surface area contributed by atoms with Gasteiger partial charge in [0.15, 0.2) is 0 Å². The lowest BCUT2D eigenvalue weighted by molar-refractivity contribution is 0.312. The monoisotopic (exact) mass is 322 g/mol. The molecule has 1 aliphatic carbocycles. The zero-order valence-corrected chi connectivity index (χ0v) is 13.9. The molecule has 0 saturated carbocycles. The van der Waals surface area contributed by atoms with Crippen LogP contribution in [0.2, 0.25) is 0 Å². The summed E-state index contributed by atoms with van der Waals surface area (Å²) in [7, 11) is 2.04. The van der Waals surface area contributed by atoms with Gasteiger partial charge in [-0.05, 0) is 55.8 Å². The van der Waals surface area contributed by atoms with Crippen molar-refractivity contribution < 1.29 is 0 Å². The summed E-state index contributed by atoms with van der Waals surface area (Å²) in [6.45, 7) is 1.37. The highest BCUT2D eigenvalue weighted by Crippen LogP contribution is 2.23. The van der Waals surface area contributed by atoms with Crippen molar-refractivity contribution in [2.24, 2.45) is 0 Å². The van der Waals surface area contributed by atoms with Crippen molar-refractivity contribution in [3.05, 3.63) is 63.2 Å². The second-order valence-corrected chi connectivity index (χ2v) is 6.72. The van der Waals surface area contributed by atoms with E-state index in [1.807, 2.05) is 37.4 Å². The van der Waals surface area contributed by atoms with Crippen LogP contribution >= 0.6 is 0 Å². The van der Waals surface area contributed by atoms with E-state index in [1.165, 1.54) is 24.1 Å². The largest absolute Gasteiger partial charge is 0.322 e. The minimum absolute atomic E-state index is 0.00962. The first-order chi connectivity index (χ1) is 11.7. The summed E-state index contributed by atoms with van der Waals surface area (Å²) in [4.78, 5) is 17.4. The standard InChI is InChI=1S/C19H22N4O/c1-23(12-18-15-7-3-5-9-17(15)21-22-18)11-14-10-13-6-2-4-8-16(13)20-19(14)24/h2,4,6,8,10H,3,5,7,9,11-12H2,1H3,(H,20,24)(H,21,22). The van der Waals surface area contributed by atoms with Crippen molar-refractivity contribution in [3.8, 4) is 0 Å². The fourth-order valence-corrected chi connectivity index (χ4v) is 3.59. The fourth-order valence-electron chi connectivity index (χ4n) is 3.59. The molecule has 1 aromatic carbocycles. The second kappa shape index (κ2) is 6.24. The van der Waals surface area contributed by atoms with E-state index < -0.39 is 0 Å². The van der Waals surface area contributed by atoms with Gasteiger partial charge in [-0.25, -0.2) is 0 Å². The Balaban J connectivity index is 1.54. The van der Waals surface area contributed by atoms with Crippen molar-refractivity contribution in [1.29, 1.82) is 0 Å². The predicted molar refractivity (Wildman–Crippen MR) is 95.0 cm³/mol. The molecule has 124 valence electrons. The summed E-state index contributed by atoms with van der Waals surface area (Å²) in [5.41, 5.74) is 5.48. The molecule has 2 N–H and O–H groups in total. The number of aromatic nitrogens is 3. The van der Waals surface area contributed by atoms with E-state index in [4.69, 9.17) is 0 Å². The van der Waals surface area contributed by atoms with Crippen molar-refractivity contribution >= 4 is 10.9 Å². The Bertz CT molecular complexity index is 925. The lowest BCUT2D eigenvalue weighted by Crippen LogP contribution is -2.24. The third-order valence-corrected chi connectivity index (χ3v) is 4.83. The number of hydrogen-bond donors (Lipinski definition) is 2. The van der Waals surface area contributed by atoms with Gasteiger partial charge in [0.05, 0.1) is 5.69 Å². The number of fused-ring (bicyclic) bond motifs is 2. The highest BCUT2D eigenvalue weighted by molar-refractivity contribution is 5.78. The van der Waals surface area contributed by atoms with Crippen LogP contribution in [0.25, 0.3) is 10.9 Å². The number of H-pyrrole nitrogens is 2. The average Bonchev–Trinajstić information content (AvgIpc) is 2.99. The Kier molecular flexibility index (Phi) is 3.94. The van der Waals surface area contributed by atoms with Gasteiger partial charge in [-0.1, -0.05) is 18.2 Å². The molecule has 0 fully saturated rings. The first kappa shape index (κ1) is 15.1. The van der Waals surface area contributed by atoms with Crippen LogP contribution in [-0.2, 0) is 25.9 Å². The van der Waals surface area contributed by atoms with Gasteiger partial charge in [-0.15, -0.1) is 0 Å². The molecule has 2 heterocycles. The molecule has 5 heteroatoms. The maximum Gasteiger partial charge on any atom is 0.252 e. The van der Waals surface area contributed by atoms with Crippen LogP contribution in [0.15, 0.2) is 35.1 Å². The van der Waals surface area contributed by atoms with Gasteiger partial charge >= 0.3 is 0 Å². The molecule has 0 saturated heterocycles. The van der Waals surface area contributed by atoms with E-state index in [9.17, 15) is 4.79 Å². The Hall–Kier alpha value is -2.40. The summed E-state index contributed by atoms with van der Waals surface area (Å²) in [6.07, 6.45) is 4.71. The summed E-state index contributed by atoms with van der Waals surface area (Å²) >= 11 is 0. The number of pyridine rings is 1. The normalized spacial score (nSPS) is 14.2. The summed E-state index contributed by atoms with van der Waals surface area (Å²) in [5, 5.41) is 8.75. The molecule has 0 atom stereocenters. The number of hydrogen-bond acceptors (Lipinski definition) is 3. The van der Waals surface area contributed by atoms with Crippen LogP contribution in [0.5, 0.6) is 0 Å². The minimum atomic E-state index is -0.00962.